The third-order valence-electron chi connectivity index (χ3n) is 5.20. The Morgan fingerprint density at radius 1 is 1.04 bits per heavy atom. The van der Waals surface area contributed by atoms with Gasteiger partial charge < -0.3 is 19.7 Å². The molecule has 0 aromatic heterocycles. The molecule has 3 rings (SSSR count). The highest BCUT2D eigenvalue weighted by Gasteiger charge is 2.57. The average Bonchev–Trinajstić information content (AvgIpc) is 3.50. The number of hydrogen-bond acceptors (Lipinski definition) is 4. The first-order valence-electron chi connectivity index (χ1n) is 9.50. The zero-order chi connectivity index (χ0) is 18.4. The molecule has 1 N–H and O–H groups in total. The second-order valence-electron chi connectivity index (χ2n) is 7.07. The number of rotatable bonds is 7. The molecule has 6 nitrogen and oxygen atoms in total. The number of carbonyl (C=O) groups excluding carboxylic acids is 2. The molecule has 0 radical (unpaired) electrons. The van der Waals surface area contributed by atoms with E-state index in [1.807, 2.05) is 29.2 Å². The molecule has 1 saturated heterocycles. The minimum Gasteiger partial charge on any atom is -0.497 e. The van der Waals surface area contributed by atoms with Gasteiger partial charge in [-0.2, -0.15) is 0 Å². The Morgan fingerprint density at radius 3 is 2.23 bits per heavy atom. The normalized spacial score (nSPS) is 18.6. The third-order valence-corrected chi connectivity index (χ3v) is 5.20. The quantitative estimate of drug-likeness (QED) is 0.599. The molecule has 0 atom stereocenters. The van der Waals surface area contributed by atoms with Gasteiger partial charge in [0.2, 0.25) is 11.8 Å². The van der Waals surface area contributed by atoms with Crippen LogP contribution in [-0.4, -0.2) is 50.1 Å². The van der Waals surface area contributed by atoms with E-state index in [9.17, 15) is 9.59 Å². The van der Waals surface area contributed by atoms with E-state index in [1.54, 1.807) is 7.11 Å². The van der Waals surface area contributed by atoms with E-state index in [-0.39, 0.29) is 11.8 Å². The predicted octanol–water partition coefficient (Wildman–Crippen LogP) is 2.37. The van der Waals surface area contributed by atoms with Crippen molar-refractivity contribution in [3.8, 4) is 11.5 Å². The van der Waals surface area contributed by atoms with Gasteiger partial charge in [-0.25, -0.2) is 0 Å². The summed E-state index contributed by atoms with van der Waals surface area (Å²) in [7, 11) is 1.62. The Balaban J connectivity index is 1.44. The molecular formula is C20H28N2O4. The molecule has 26 heavy (non-hydrogen) atoms. The first kappa shape index (κ1) is 18.5. The van der Waals surface area contributed by atoms with Gasteiger partial charge in [-0.1, -0.05) is 12.8 Å². The summed E-state index contributed by atoms with van der Waals surface area (Å²) >= 11 is 0. The maximum Gasteiger partial charge on any atom is 0.238 e. The summed E-state index contributed by atoms with van der Waals surface area (Å²) in [4.78, 5) is 27.3. The second-order valence-corrected chi connectivity index (χ2v) is 7.07. The van der Waals surface area contributed by atoms with Crippen LogP contribution in [0.3, 0.4) is 0 Å². The number of hydrogen-bond donors (Lipinski definition) is 1. The summed E-state index contributed by atoms with van der Waals surface area (Å²) in [5, 5.41) is 2.88. The highest BCUT2D eigenvalue weighted by Crippen LogP contribution is 2.47. The molecule has 1 aliphatic carbocycles. The fourth-order valence-corrected chi connectivity index (χ4v) is 3.41. The standard InChI is InChI=1S/C20H28N2O4/c1-25-16-6-8-17(9-7-16)26-15-12-21-18(23)20(10-11-20)19(24)22-13-4-2-3-5-14-22/h6-9H,2-5,10-15H2,1H3,(H,21,23). The Bertz CT molecular complexity index is 617. The van der Waals surface area contributed by atoms with Gasteiger partial charge in [0.05, 0.1) is 13.7 Å². The molecule has 1 aromatic rings. The lowest BCUT2D eigenvalue weighted by Crippen LogP contribution is -2.46. The summed E-state index contributed by atoms with van der Waals surface area (Å²) in [5.74, 6) is 1.37. The van der Waals surface area contributed by atoms with Crippen molar-refractivity contribution in [1.82, 2.24) is 10.2 Å². The van der Waals surface area contributed by atoms with Gasteiger partial charge in [0.15, 0.2) is 0 Å². The molecule has 2 aliphatic rings. The lowest BCUT2D eigenvalue weighted by Gasteiger charge is -2.25. The van der Waals surface area contributed by atoms with Crippen molar-refractivity contribution in [2.24, 2.45) is 5.41 Å². The van der Waals surface area contributed by atoms with Crippen molar-refractivity contribution in [1.29, 1.82) is 0 Å². The van der Waals surface area contributed by atoms with Crippen LogP contribution in [0.1, 0.15) is 38.5 Å². The van der Waals surface area contributed by atoms with E-state index in [0.717, 1.165) is 37.4 Å². The number of benzene rings is 1. The maximum absolute atomic E-state index is 12.8. The van der Waals surface area contributed by atoms with Gasteiger partial charge in [0.25, 0.3) is 0 Å². The summed E-state index contributed by atoms with van der Waals surface area (Å²) in [6.07, 6.45) is 5.75. The molecule has 1 aliphatic heterocycles. The lowest BCUT2D eigenvalue weighted by molar-refractivity contribution is -0.144. The zero-order valence-corrected chi connectivity index (χ0v) is 15.5. The minimum atomic E-state index is -0.815. The largest absolute Gasteiger partial charge is 0.497 e. The van der Waals surface area contributed by atoms with E-state index in [1.165, 1.54) is 12.8 Å². The van der Waals surface area contributed by atoms with Crippen molar-refractivity contribution in [2.45, 2.75) is 38.5 Å². The molecule has 6 heteroatoms. The van der Waals surface area contributed by atoms with Crippen molar-refractivity contribution < 1.29 is 19.1 Å². The van der Waals surface area contributed by atoms with Crippen LogP contribution in [0.25, 0.3) is 0 Å². The molecule has 0 unspecified atom stereocenters. The van der Waals surface area contributed by atoms with Gasteiger partial charge in [-0.15, -0.1) is 0 Å². The molecular weight excluding hydrogens is 332 g/mol. The minimum absolute atomic E-state index is 0.0213. The first-order chi connectivity index (χ1) is 12.7. The van der Waals surface area contributed by atoms with Gasteiger partial charge in [-0.05, 0) is 49.9 Å². The maximum atomic E-state index is 12.8. The van der Waals surface area contributed by atoms with Crippen molar-refractivity contribution >= 4 is 11.8 Å². The Morgan fingerprint density at radius 2 is 1.65 bits per heavy atom. The van der Waals surface area contributed by atoms with Crippen LogP contribution in [0, 0.1) is 5.41 Å². The first-order valence-corrected chi connectivity index (χ1v) is 9.50. The number of amides is 2. The van der Waals surface area contributed by atoms with E-state index >= 15 is 0 Å². The molecule has 2 fully saturated rings. The molecule has 0 spiro atoms. The fraction of sp³-hybridized carbons (Fsp3) is 0.600. The summed E-state index contributed by atoms with van der Waals surface area (Å²) in [6, 6.07) is 7.30. The van der Waals surface area contributed by atoms with Gasteiger partial charge in [-0.3, -0.25) is 9.59 Å². The van der Waals surface area contributed by atoms with E-state index in [4.69, 9.17) is 9.47 Å². The SMILES string of the molecule is COc1ccc(OCCNC(=O)C2(C(=O)N3CCCCCC3)CC2)cc1. The lowest BCUT2D eigenvalue weighted by atomic mass is 10.0. The monoisotopic (exact) mass is 360 g/mol. The van der Waals surface area contributed by atoms with Crippen molar-refractivity contribution in [3.63, 3.8) is 0 Å². The van der Waals surface area contributed by atoms with E-state index < -0.39 is 5.41 Å². The molecule has 1 aromatic carbocycles. The zero-order valence-electron chi connectivity index (χ0n) is 15.5. The molecule has 1 saturated carbocycles. The molecule has 2 amide bonds. The van der Waals surface area contributed by atoms with Crippen LogP contribution in [0.5, 0.6) is 11.5 Å². The van der Waals surface area contributed by atoms with Crippen molar-refractivity contribution in [2.75, 3.05) is 33.4 Å². The number of likely N-dealkylation sites (tertiary alicyclic amines) is 1. The Labute approximate surface area is 154 Å². The highest BCUT2D eigenvalue weighted by atomic mass is 16.5. The Kier molecular flexibility index (Phi) is 6.01. The molecule has 1 heterocycles. The van der Waals surface area contributed by atoms with Crippen LogP contribution >= 0.6 is 0 Å². The van der Waals surface area contributed by atoms with Gasteiger partial charge in [0, 0.05) is 13.1 Å². The van der Waals surface area contributed by atoms with Crippen LogP contribution in [0.15, 0.2) is 24.3 Å². The van der Waals surface area contributed by atoms with Crippen LogP contribution in [0.2, 0.25) is 0 Å². The number of nitrogens with zero attached hydrogens (tertiary/aromatic N) is 1. The fourth-order valence-electron chi connectivity index (χ4n) is 3.41. The topological polar surface area (TPSA) is 67.9 Å². The summed E-state index contributed by atoms with van der Waals surface area (Å²) < 4.78 is 10.7. The van der Waals surface area contributed by atoms with Crippen LogP contribution < -0.4 is 14.8 Å². The average molecular weight is 360 g/mol. The second kappa shape index (κ2) is 8.43. The molecule has 142 valence electrons. The third kappa shape index (κ3) is 4.29. The van der Waals surface area contributed by atoms with Gasteiger partial charge >= 0.3 is 0 Å². The van der Waals surface area contributed by atoms with Crippen molar-refractivity contribution in [3.05, 3.63) is 24.3 Å². The van der Waals surface area contributed by atoms with E-state index in [2.05, 4.69) is 5.32 Å². The van der Waals surface area contributed by atoms with Crippen LogP contribution in [-0.2, 0) is 9.59 Å². The number of methoxy groups -OCH3 is 1. The van der Waals surface area contributed by atoms with Crippen LogP contribution in [0.4, 0.5) is 0 Å². The number of ether oxygens (including phenoxy) is 2. The Hall–Kier alpha value is -2.24. The number of nitrogens with one attached hydrogen (secondary N) is 1. The summed E-state index contributed by atoms with van der Waals surface area (Å²) in [6.45, 7) is 2.33. The smallest absolute Gasteiger partial charge is 0.238 e. The molecule has 0 bridgehead atoms. The summed E-state index contributed by atoms with van der Waals surface area (Å²) in [5.41, 5.74) is -0.815. The van der Waals surface area contributed by atoms with Gasteiger partial charge in [0.1, 0.15) is 23.5 Å². The van der Waals surface area contributed by atoms with E-state index in [0.29, 0.717) is 26.0 Å². The highest BCUT2D eigenvalue weighted by molar-refractivity contribution is 6.07. The number of carbonyl (C=O) groups is 2. The predicted molar refractivity (Wildman–Crippen MR) is 98.2 cm³/mol.